The lowest BCUT2D eigenvalue weighted by Crippen LogP contribution is -1.98. The Morgan fingerprint density at radius 3 is 2.14 bits per heavy atom. The van der Waals surface area contributed by atoms with Crippen LogP contribution in [0.15, 0.2) is 55.1 Å². The molecule has 5 rings (SSSR count). The van der Waals surface area contributed by atoms with E-state index in [-0.39, 0.29) is 0 Å². The normalized spacial score (nSPS) is 10.7. The number of nitrogens with zero attached hydrogens (tertiary/aromatic N) is 4. The van der Waals surface area contributed by atoms with Crippen molar-refractivity contribution < 1.29 is 4.74 Å². The van der Waals surface area contributed by atoms with Gasteiger partial charge in [0.25, 0.3) is 0 Å². The monoisotopic (exact) mass is 446 g/mol. The van der Waals surface area contributed by atoms with Crippen LogP contribution in [-0.2, 0) is 6.61 Å². The Hall–Kier alpha value is -2.87. The minimum Gasteiger partial charge on any atom is -0.471 e. The Balaban J connectivity index is 0.000000159. The van der Waals surface area contributed by atoms with Gasteiger partial charge in [-0.2, -0.15) is 4.98 Å². The zero-order chi connectivity index (χ0) is 20.2. The van der Waals surface area contributed by atoms with E-state index in [0.29, 0.717) is 39.0 Å². The van der Waals surface area contributed by atoms with Gasteiger partial charge >= 0.3 is 0 Å². The van der Waals surface area contributed by atoms with E-state index in [1.165, 1.54) is 0 Å². The lowest BCUT2D eigenvalue weighted by atomic mass is 10.2. The summed E-state index contributed by atoms with van der Waals surface area (Å²) in [5.41, 5.74) is 4.03. The average molecular weight is 448 g/mol. The fourth-order valence-corrected chi connectivity index (χ4v) is 3.25. The highest BCUT2D eigenvalue weighted by molar-refractivity contribution is 6.36. The van der Waals surface area contributed by atoms with Crippen molar-refractivity contribution >= 4 is 56.9 Å². The van der Waals surface area contributed by atoms with Crippen LogP contribution in [0.2, 0.25) is 15.5 Å². The van der Waals surface area contributed by atoms with Gasteiger partial charge in [0.2, 0.25) is 5.88 Å². The summed E-state index contributed by atoms with van der Waals surface area (Å²) in [7, 11) is 0. The first-order chi connectivity index (χ1) is 14.1. The van der Waals surface area contributed by atoms with Gasteiger partial charge in [-0.1, -0.05) is 65.1 Å². The van der Waals surface area contributed by atoms with Gasteiger partial charge in [0, 0.05) is 12.1 Å². The fourth-order valence-electron chi connectivity index (χ4n) is 2.59. The Kier molecular flexibility index (Phi) is 5.80. The van der Waals surface area contributed by atoms with Crippen molar-refractivity contribution in [1.29, 1.82) is 0 Å². The van der Waals surface area contributed by atoms with Crippen LogP contribution < -0.4 is 4.74 Å². The summed E-state index contributed by atoms with van der Waals surface area (Å²) >= 11 is 17.3. The van der Waals surface area contributed by atoms with E-state index in [2.05, 4.69) is 29.9 Å². The molecule has 1 aromatic carbocycles. The van der Waals surface area contributed by atoms with Gasteiger partial charge in [-0.3, -0.25) is 0 Å². The first kappa shape index (κ1) is 19.4. The molecule has 0 spiro atoms. The van der Waals surface area contributed by atoms with E-state index in [1.807, 2.05) is 30.3 Å². The van der Waals surface area contributed by atoms with Crippen LogP contribution in [0.5, 0.6) is 5.88 Å². The Morgan fingerprint density at radius 2 is 1.41 bits per heavy atom. The largest absolute Gasteiger partial charge is 0.471 e. The molecular formula is C19H13Cl3N6O. The molecule has 7 nitrogen and oxygen atoms in total. The number of pyridine rings is 2. The number of benzene rings is 1. The fraction of sp³-hybridized carbons (Fsp3) is 0.0526. The molecule has 29 heavy (non-hydrogen) atoms. The van der Waals surface area contributed by atoms with Crippen LogP contribution in [0.1, 0.15) is 5.56 Å². The summed E-state index contributed by atoms with van der Waals surface area (Å²) in [6.45, 7) is 0.441. The molecule has 0 bridgehead atoms. The zero-order valence-corrected chi connectivity index (χ0v) is 17.0. The lowest BCUT2D eigenvalue weighted by molar-refractivity contribution is 0.297. The number of H-pyrrole nitrogens is 2. The average Bonchev–Trinajstić information content (AvgIpc) is 3.36. The molecule has 5 aromatic rings. The Morgan fingerprint density at radius 1 is 0.793 bits per heavy atom. The van der Waals surface area contributed by atoms with E-state index in [4.69, 9.17) is 39.5 Å². The van der Waals surface area contributed by atoms with Gasteiger partial charge in [0.15, 0.2) is 10.7 Å². The van der Waals surface area contributed by atoms with Crippen LogP contribution in [0.3, 0.4) is 0 Å². The summed E-state index contributed by atoms with van der Waals surface area (Å²) < 4.78 is 5.67. The molecule has 0 aliphatic heterocycles. The topological polar surface area (TPSA) is 92.4 Å². The Bertz CT molecular complexity index is 1260. The highest BCUT2D eigenvalue weighted by Crippen LogP contribution is 2.24. The number of hydrogen-bond acceptors (Lipinski definition) is 5. The highest BCUT2D eigenvalue weighted by atomic mass is 35.5. The van der Waals surface area contributed by atoms with Gasteiger partial charge in [-0.25, -0.2) is 15.0 Å². The third-order valence-corrected chi connectivity index (χ3v) is 4.54. The number of aromatic amines is 2. The maximum atomic E-state index is 5.92. The molecule has 10 heteroatoms. The molecule has 4 heterocycles. The maximum absolute atomic E-state index is 5.92. The second-order valence-electron chi connectivity index (χ2n) is 5.86. The molecule has 0 aliphatic carbocycles. The van der Waals surface area contributed by atoms with Gasteiger partial charge in [0.1, 0.15) is 22.4 Å². The summed E-state index contributed by atoms with van der Waals surface area (Å²) in [6, 6.07) is 13.3. The SMILES string of the molecule is Clc1cc2[nH]cnc2c(Cl)n1.Clc1cc2[nH]cnc2c(OCc2ccccc2)n1. The van der Waals surface area contributed by atoms with Crippen LogP contribution in [0.25, 0.3) is 22.1 Å². The first-order valence-electron chi connectivity index (χ1n) is 8.41. The molecule has 0 amide bonds. The molecule has 0 radical (unpaired) electrons. The van der Waals surface area contributed by atoms with E-state index in [9.17, 15) is 0 Å². The van der Waals surface area contributed by atoms with Crippen molar-refractivity contribution in [3.05, 3.63) is 76.1 Å². The number of halogens is 3. The van der Waals surface area contributed by atoms with Crippen LogP contribution in [-0.4, -0.2) is 29.9 Å². The third kappa shape index (κ3) is 4.59. The van der Waals surface area contributed by atoms with Crippen LogP contribution in [0.4, 0.5) is 0 Å². The third-order valence-electron chi connectivity index (χ3n) is 3.89. The van der Waals surface area contributed by atoms with Crippen molar-refractivity contribution in [2.24, 2.45) is 0 Å². The molecule has 0 aliphatic rings. The number of nitrogens with one attached hydrogen (secondary N) is 2. The smallest absolute Gasteiger partial charge is 0.243 e. The van der Waals surface area contributed by atoms with E-state index >= 15 is 0 Å². The van der Waals surface area contributed by atoms with Crippen molar-refractivity contribution in [1.82, 2.24) is 29.9 Å². The number of imidazole rings is 2. The molecule has 0 unspecified atom stereocenters. The number of hydrogen-bond donors (Lipinski definition) is 2. The summed E-state index contributed by atoms with van der Waals surface area (Å²) in [6.07, 6.45) is 3.15. The van der Waals surface area contributed by atoms with E-state index in [1.54, 1.807) is 24.8 Å². The maximum Gasteiger partial charge on any atom is 0.243 e. The first-order valence-corrected chi connectivity index (χ1v) is 9.55. The predicted molar refractivity (Wildman–Crippen MR) is 114 cm³/mol. The second-order valence-corrected chi connectivity index (χ2v) is 6.99. The molecule has 0 fully saturated rings. The van der Waals surface area contributed by atoms with Gasteiger partial charge in [0.05, 0.1) is 23.7 Å². The van der Waals surface area contributed by atoms with Crippen molar-refractivity contribution in [2.45, 2.75) is 6.61 Å². The summed E-state index contributed by atoms with van der Waals surface area (Å²) in [5.74, 6) is 0.447. The Labute approximate surface area is 180 Å². The number of ether oxygens (including phenoxy) is 1. The molecule has 0 atom stereocenters. The number of rotatable bonds is 3. The van der Waals surface area contributed by atoms with Gasteiger partial charge in [-0.15, -0.1) is 0 Å². The molecule has 146 valence electrons. The molecule has 4 aromatic heterocycles. The summed E-state index contributed by atoms with van der Waals surface area (Å²) in [4.78, 5) is 22.0. The van der Waals surface area contributed by atoms with E-state index in [0.717, 1.165) is 16.6 Å². The molecule has 0 saturated heterocycles. The van der Waals surface area contributed by atoms with Crippen molar-refractivity contribution in [3.8, 4) is 5.88 Å². The quantitative estimate of drug-likeness (QED) is 0.358. The molecular weight excluding hydrogens is 435 g/mol. The minimum atomic E-state index is 0.328. The van der Waals surface area contributed by atoms with Gasteiger partial charge in [-0.05, 0) is 5.56 Å². The molecule has 0 saturated carbocycles. The zero-order valence-electron chi connectivity index (χ0n) is 14.7. The second kappa shape index (κ2) is 8.65. The van der Waals surface area contributed by atoms with Crippen LogP contribution >= 0.6 is 34.8 Å². The molecule has 2 N–H and O–H groups in total. The van der Waals surface area contributed by atoms with E-state index < -0.39 is 0 Å². The van der Waals surface area contributed by atoms with Crippen molar-refractivity contribution in [2.75, 3.05) is 0 Å². The highest BCUT2D eigenvalue weighted by Gasteiger charge is 2.09. The number of aromatic nitrogens is 6. The van der Waals surface area contributed by atoms with Crippen LogP contribution in [0, 0.1) is 0 Å². The predicted octanol–water partition coefficient (Wildman–Crippen LogP) is 5.46. The number of fused-ring (bicyclic) bond motifs is 2. The minimum absolute atomic E-state index is 0.328. The van der Waals surface area contributed by atoms with Gasteiger partial charge < -0.3 is 14.7 Å². The lowest BCUT2D eigenvalue weighted by Gasteiger charge is -2.06. The van der Waals surface area contributed by atoms with Crippen molar-refractivity contribution in [3.63, 3.8) is 0 Å². The summed E-state index contributed by atoms with van der Waals surface area (Å²) in [5, 5.41) is 1.08. The standard InChI is InChI=1S/C13H10ClN3O.C6H3Cl2N3/c14-11-6-10-12(16-8-15-10)13(17-11)18-7-9-4-2-1-3-5-9;7-4-1-3-5(6(8)11-4)10-2-9-3/h1-6,8H,7H2,(H,15,16);1-2H,(H,9,10).